The molecule has 0 spiro atoms. The summed E-state index contributed by atoms with van der Waals surface area (Å²) in [6, 6.07) is 15.0. The van der Waals surface area contributed by atoms with Gasteiger partial charge in [-0.25, -0.2) is 0 Å². The summed E-state index contributed by atoms with van der Waals surface area (Å²) in [6.07, 6.45) is 1.83. The number of hydrogen-bond donors (Lipinski definition) is 1. The van der Waals surface area contributed by atoms with Crippen molar-refractivity contribution in [3.05, 3.63) is 66.4 Å². The molecule has 2 aromatic carbocycles. The second-order valence-electron chi connectivity index (χ2n) is 6.56. The topological polar surface area (TPSA) is 15.3 Å². The van der Waals surface area contributed by atoms with Crippen LogP contribution in [0, 0.1) is 0 Å². The SMILES string of the molecule is C=CN(C)c1ccccc1Nc1c(C(C)C)cccc1C(C)C. The molecule has 0 radical (unpaired) electrons. The lowest BCUT2D eigenvalue weighted by Crippen LogP contribution is -2.11. The van der Waals surface area contributed by atoms with Gasteiger partial charge in [-0.2, -0.15) is 0 Å². The Kier molecular flexibility index (Phi) is 5.49. The molecular formula is C21H28N2. The van der Waals surface area contributed by atoms with Gasteiger partial charge in [0.15, 0.2) is 0 Å². The third-order valence-electron chi connectivity index (χ3n) is 4.19. The van der Waals surface area contributed by atoms with E-state index < -0.39 is 0 Å². The fourth-order valence-electron chi connectivity index (χ4n) is 2.82. The summed E-state index contributed by atoms with van der Waals surface area (Å²) in [7, 11) is 2.02. The molecule has 2 heteroatoms. The largest absolute Gasteiger partial charge is 0.353 e. The maximum Gasteiger partial charge on any atom is 0.0642 e. The van der Waals surface area contributed by atoms with E-state index in [1.165, 1.54) is 16.8 Å². The van der Waals surface area contributed by atoms with E-state index in [9.17, 15) is 0 Å². The Balaban J connectivity index is 2.54. The summed E-state index contributed by atoms with van der Waals surface area (Å²) in [4.78, 5) is 2.04. The highest BCUT2D eigenvalue weighted by atomic mass is 15.1. The summed E-state index contributed by atoms with van der Waals surface area (Å²) in [5, 5.41) is 3.70. The zero-order valence-corrected chi connectivity index (χ0v) is 14.9. The molecule has 122 valence electrons. The number of nitrogens with one attached hydrogen (secondary N) is 1. The fourth-order valence-corrected chi connectivity index (χ4v) is 2.82. The van der Waals surface area contributed by atoms with Crippen molar-refractivity contribution in [3.63, 3.8) is 0 Å². The maximum absolute atomic E-state index is 3.87. The summed E-state index contributed by atoms with van der Waals surface area (Å²) in [5.41, 5.74) is 6.17. The minimum Gasteiger partial charge on any atom is -0.353 e. The van der Waals surface area contributed by atoms with Crippen molar-refractivity contribution in [1.29, 1.82) is 0 Å². The Hall–Kier alpha value is -2.22. The number of para-hydroxylation sites is 3. The molecule has 2 nitrogen and oxygen atoms in total. The lowest BCUT2D eigenvalue weighted by molar-refractivity contribution is 0.838. The van der Waals surface area contributed by atoms with Gasteiger partial charge in [-0.05, 0) is 41.3 Å². The van der Waals surface area contributed by atoms with Crippen molar-refractivity contribution < 1.29 is 0 Å². The first-order valence-corrected chi connectivity index (χ1v) is 8.30. The van der Waals surface area contributed by atoms with Gasteiger partial charge < -0.3 is 10.2 Å². The molecule has 2 rings (SSSR count). The van der Waals surface area contributed by atoms with Gasteiger partial charge >= 0.3 is 0 Å². The van der Waals surface area contributed by atoms with Crippen LogP contribution in [-0.2, 0) is 0 Å². The molecule has 23 heavy (non-hydrogen) atoms. The van der Waals surface area contributed by atoms with Crippen LogP contribution in [0.1, 0.15) is 50.7 Å². The molecule has 1 N–H and O–H groups in total. The highest BCUT2D eigenvalue weighted by Crippen LogP contribution is 2.37. The predicted octanol–water partition coefficient (Wildman–Crippen LogP) is 6.26. The molecule has 0 aliphatic heterocycles. The normalized spacial score (nSPS) is 10.9. The van der Waals surface area contributed by atoms with Crippen LogP contribution < -0.4 is 10.2 Å². The minimum atomic E-state index is 0.473. The highest BCUT2D eigenvalue weighted by molar-refractivity contribution is 5.78. The molecular weight excluding hydrogens is 280 g/mol. The summed E-state index contributed by atoms with van der Waals surface area (Å²) in [6.45, 7) is 12.8. The summed E-state index contributed by atoms with van der Waals surface area (Å²) < 4.78 is 0. The lowest BCUT2D eigenvalue weighted by Gasteiger charge is -2.24. The Bertz CT molecular complexity index is 645. The second kappa shape index (κ2) is 7.36. The number of rotatable bonds is 6. The van der Waals surface area contributed by atoms with Gasteiger partial charge in [-0.15, -0.1) is 0 Å². The van der Waals surface area contributed by atoms with Crippen LogP contribution in [-0.4, -0.2) is 7.05 Å². The van der Waals surface area contributed by atoms with Crippen molar-refractivity contribution in [2.45, 2.75) is 39.5 Å². The molecule has 0 saturated carbocycles. The first-order valence-electron chi connectivity index (χ1n) is 8.30. The highest BCUT2D eigenvalue weighted by Gasteiger charge is 2.15. The van der Waals surface area contributed by atoms with Crippen molar-refractivity contribution in [2.24, 2.45) is 0 Å². The second-order valence-corrected chi connectivity index (χ2v) is 6.56. The minimum absolute atomic E-state index is 0.473. The lowest BCUT2D eigenvalue weighted by atomic mass is 9.92. The van der Waals surface area contributed by atoms with Crippen LogP contribution in [0.5, 0.6) is 0 Å². The maximum atomic E-state index is 3.87. The number of nitrogens with zero attached hydrogens (tertiary/aromatic N) is 1. The summed E-state index contributed by atoms with van der Waals surface area (Å²) in [5.74, 6) is 0.945. The van der Waals surface area contributed by atoms with E-state index in [4.69, 9.17) is 0 Å². The number of benzene rings is 2. The van der Waals surface area contributed by atoms with Gasteiger partial charge in [0.05, 0.1) is 11.4 Å². The van der Waals surface area contributed by atoms with Gasteiger partial charge in [0.2, 0.25) is 0 Å². The fraction of sp³-hybridized carbons (Fsp3) is 0.333. The van der Waals surface area contributed by atoms with Gasteiger partial charge in [-0.3, -0.25) is 0 Å². The van der Waals surface area contributed by atoms with E-state index in [1.807, 2.05) is 18.1 Å². The molecule has 0 bridgehead atoms. The Morgan fingerprint density at radius 2 is 1.48 bits per heavy atom. The molecule has 0 amide bonds. The third kappa shape index (κ3) is 3.76. The molecule has 0 saturated heterocycles. The van der Waals surface area contributed by atoms with E-state index in [0.29, 0.717) is 11.8 Å². The van der Waals surface area contributed by atoms with Crippen molar-refractivity contribution in [2.75, 3.05) is 17.3 Å². The molecule has 0 aliphatic rings. The van der Waals surface area contributed by atoms with Crippen LogP contribution in [0.4, 0.5) is 17.1 Å². The molecule has 0 unspecified atom stereocenters. The Morgan fingerprint density at radius 1 is 0.913 bits per heavy atom. The smallest absolute Gasteiger partial charge is 0.0642 e. The van der Waals surface area contributed by atoms with Crippen molar-refractivity contribution in [1.82, 2.24) is 0 Å². The van der Waals surface area contributed by atoms with Gasteiger partial charge in [-0.1, -0.05) is 64.6 Å². The van der Waals surface area contributed by atoms with E-state index in [-0.39, 0.29) is 0 Å². The zero-order valence-electron chi connectivity index (χ0n) is 14.9. The van der Waals surface area contributed by atoms with E-state index >= 15 is 0 Å². The van der Waals surface area contributed by atoms with E-state index in [2.05, 4.69) is 82.1 Å². The molecule has 0 aromatic heterocycles. The van der Waals surface area contributed by atoms with Gasteiger partial charge in [0.1, 0.15) is 0 Å². The monoisotopic (exact) mass is 308 g/mol. The van der Waals surface area contributed by atoms with E-state index in [1.54, 1.807) is 0 Å². The average Bonchev–Trinajstić information content (AvgIpc) is 2.54. The van der Waals surface area contributed by atoms with Crippen molar-refractivity contribution in [3.8, 4) is 0 Å². The zero-order chi connectivity index (χ0) is 17.0. The molecule has 2 aromatic rings. The van der Waals surface area contributed by atoms with Crippen LogP contribution in [0.3, 0.4) is 0 Å². The molecule has 0 heterocycles. The molecule has 0 aliphatic carbocycles. The molecule has 0 atom stereocenters. The molecule has 0 fully saturated rings. The van der Waals surface area contributed by atoms with E-state index in [0.717, 1.165) is 11.4 Å². The first-order chi connectivity index (χ1) is 11.0. The first kappa shape index (κ1) is 17.1. The van der Waals surface area contributed by atoms with Crippen molar-refractivity contribution >= 4 is 17.1 Å². The standard InChI is InChI=1S/C21H28N2/c1-7-23(6)20-14-9-8-13-19(20)22-21-17(15(2)3)11-10-12-18(21)16(4)5/h7-16,22H,1H2,2-6H3. The van der Waals surface area contributed by atoms with Gasteiger partial charge in [0.25, 0.3) is 0 Å². The van der Waals surface area contributed by atoms with Crippen LogP contribution >= 0.6 is 0 Å². The number of anilines is 3. The average molecular weight is 308 g/mol. The third-order valence-corrected chi connectivity index (χ3v) is 4.19. The Morgan fingerprint density at radius 3 is 2.00 bits per heavy atom. The summed E-state index contributed by atoms with van der Waals surface area (Å²) >= 11 is 0. The van der Waals surface area contributed by atoms with Crippen LogP contribution in [0.15, 0.2) is 55.2 Å². The van der Waals surface area contributed by atoms with Gasteiger partial charge in [0, 0.05) is 12.7 Å². The number of hydrogen-bond acceptors (Lipinski definition) is 2. The quantitative estimate of drug-likeness (QED) is 0.678. The predicted molar refractivity (Wildman–Crippen MR) is 103 cm³/mol. The van der Waals surface area contributed by atoms with Crippen LogP contribution in [0.2, 0.25) is 0 Å². The van der Waals surface area contributed by atoms with Crippen LogP contribution in [0.25, 0.3) is 0 Å². The Labute approximate surface area is 140 Å².